The fraction of sp³-hybridized carbons (Fsp3) is 0.231. The molecule has 0 aliphatic carbocycles. The van der Waals surface area contributed by atoms with Crippen LogP contribution in [0.4, 0.5) is 5.69 Å². The fourth-order valence-electron chi connectivity index (χ4n) is 4.51. The molecule has 5 rings (SSSR count). The van der Waals surface area contributed by atoms with E-state index in [2.05, 4.69) is 29.7 Å². The van der Waals surface area contributed by atoms with Crippen molar-refractivity contribution in [2.75, 3.05) is 18.4 Å². The van der Waals surface area contributed by atoms with Gasteiger partial charge in [0.25, 0.3) is 0 Å². The molecule has 1 fully saturated rings. The highest BCUT2D eigenvalue weighted by atomic mass is 16.5. The van der Waals surface area contributed by atoms with Crippen molar-refractivity contribution in [3.05, 3.63) is 83.9 Å². The molecule has 0 radical (unpaired) electrons. The van der Waals surface area contributed by atoms with Crippen LogP contribution in [0.25, 0.3) is 11.1 Å². The van der Waals surface area contributed by atoms with Gasteiger partial charge in [-0.25, -0.2) is 0 Å². The van der Waals surface area contributed by atoms with Gasteiger partial charge in [-0.2, -0.15) is 5.26 Å². The van der Waals surface area contributed by atoms with E-state index < -0.39 is 5.41 Å². The zero-order valence-corrected chi connectivity index (χ0v) is 17.2. The van der Waals surface area contributed by atoms with E-state index in [0.29, 0.717) is 32.5 Å². The molecule has 1 saturated heterocycles. The van der Waals surface area contributed by atoms with Crippen molar-refractivity contribution in [1.82, 2.24) is 4.90 Å². The van der Waals surface area contributed by atoms with E-state index in [1.807, 2.05) is 54.6 Å². The van der Waals surface area contributed by atoms with E-state index in [9.17, 15) is 10.1 Å². The molecule has 1 N–H and O–H groups in total. The van der Waals surface area contributed by atoms with Crippen molar-refractivity contribution >= 4 is 11.6 Å². The number of ether oxygens (including phenoxy) is 1. The first kappa shape index (κ1) is 19.2. The average Bonchev–Trinajstić information content (AvgIpc) is 3.23. The fourth-order valence-corrected chi connectivity index (χ4v) is 4.51. The summed E-state index contributed by atoms with van der Waals surface area (Å²) in [6, 6.07) is 24.4. The number of nitrogens with zero attached hydrogens (tertiary/aromatic N) is 2. The molecular weight excluding hydrogens is 386 g/mol. The van der Waals surface area contributed by atoms with Gasteiger partial charge in [-0.15, -0.1) is 0 Å². The van der Waals surface area contributed by atoms with Crippen LogP contribution in [0.15, 0.2) is 72.8 Å². The predicted octanol–water partition coefficient (Wildman–Crippen LogP) is 4.60. The van der Waals surface area contributed by atoms with Gasteiger partial charge in [-0.05, 0) is 59.4 Å². The summed E-state index contributed by atoms with van der Waals surface area (Å²) in [5.41, 5.74) is 4.84. The monoisotopic (exact) mass is 409 g/mol. The van der Waals surface area contributed by atoms with Crippen LogP contribution < -0.4 is 10.1 Å². The van der Waals surface area contributed by atoms with E-state index >= 15 is 0 Å². The molecule has 1 amide bonds. The second-order valence-electron chi connectivity index (χ2n) is 8.35. The van der Waals surface area contributed by atoms with Crippen molar-refractivity contribution in [3.8, 4) is 23.1 Å². The van der Waals surface area contributed by atoms with Crippen molar-refractivity contribution in [3.63, 3.8) is 0 Å². The topological polar surface area (TPSA) is 65.4 Å². The number of amides is 1. The second kappa shape index (κ2) is 7.81. The van der Waals surface area contributed by atoms with Gasteiger partial charge < -0.3 is 15.0 Å². The van der Waals surface area contributed by atoms with E-state index in [4.69, 9.17) is 4.74 Å². The lowest BCUT2D eigenvalue weighted by molar-refractivity contribution is -0.125. The number of carbonyl (C=O) groups is 1. The third-order valence-electron chi connectivity index (χ3n) is 6.30. The normalized spacial score (nSPS) is 19.6. The van der Waals surface area contributed by atoms with Gasteiger partial charge in [0.05, 0.1) is 5.41 Å². The van der Waals surface area contributed by atoms with Crippen LogP contribution in [-0.2, 0) is 17.8 Å². The van der Waals surface area contributed by atoms with Crippen LogP contribution in [-0.4, -0.2) is 23.9 Å². The van der Waals surface area contributed by atoms with E-state index in [0.717, 1.165) is 33.7 Å². The number of anilines is 1. The third kappa shape index (κ3) is 3.73. The van der Waals surface area contributed by atoms with Crippen molar-refractivity contribution in [2.24, 2.45) is 5.41 Å². The summed E-state index contributed by atoms with van der Waals surface area (Å²) in [5, 5.41) is 12.3. The molecule has 3 aromatic carbocycles. The number of hydrogen-bond donors (Lipinski definition) is 1. The second-order valence-corrected chi connectivity index (χ2v) is 8.35. The smallest absolute Gasteiger partial charge is 0.232 e. The molecule has 2 heterocycles. The quantitative estimate of drug-likeness (QED) is 0.640. The Kier molecular flexibility index (Phi) is 4.83. The predicted molar refractivity (Wildman–Crippen MR) is 119 cm³/mol. The maximum Gasteiger partial charge on any atom is 0.232 e. The number of nitriles is 1. The Hall–Kier alpha value is -3.78. The number of nitrogens with one attached hydrogen (secondary N) is 1. The molecule has 5 nitrogen and oxygen atoms in total. The number of likely N-dealkylation sites (tertiary alicyclic amines) is 1. The van der Waals surface area contributed by atoms with E-state index in [1.165, 1.54) is 0 Å². The molecule has 3 aromatic rings. The Morgan fingerprint density at radius 3 is 2.55 bits per heavy atom. The molecule has 1 atom stereocenters. The minimum Gasteiger partial charge on any atom is -0.489 e. The van der Waals surface area contributed by atoms with Gasteiger partial charge in [-0.3, -0.25) is 4.79 Å². The average molecular weight is 409 g/mol. The summed E-state index contributed by atoms with van der Waals surface area (Å²) in [6.07, 6.45) is 3.56. The largest absolute Gasteiger partial charge is 0.489 e. The van der Waals surface area contributed by atoms with Crippen molar-refractivity contribution < 1.29 is 9.53 Å². The van der Waals surface area contributed by atoms with Gasteiger partial charge in [0, 0.05) is 18.8 Å². The summed E-state index contributed by atoms with van der Waals surface area (Å²) in [6.45, 7) is 1.68. The number of carbonyl (C=O) groups excluding carboxylic acids is 1. The lowest BCUT2D eigenvalue weighted by Crippen LogP contribution is -2.43. The SMILES string of the molecule is N#CN1CC[C@]2(Cc3cc(-c4ccc(OCc5ccccc5)cc4)ccc3NC2=O)C1. The summed E-state index contributed by atoms with van der Waals surface area (Å²) in [7, 11) is 0. The number of hydrogen-bond acceptors (Lipinski definition) is 4. The van der Waals surface area contributed by atoms with Crippen LogP contribution in [0.3, 0.4) is 0 Å². The van der Waals surface area contributed by atoms with Gasteiger partial charge in [0.2, 0.25) is 5.91 Å². The minimum absolute atomic E-state index is 0.0328. The van der Waals surface area contributed by atoms with Crippen LogP contribution in [0.5, 0.6) is 5.75 Å². The van der Waals surface area contributed by atoms with Crippen LogP contribution in [0.2, 0.25) is 0 Å². The van der Waals surface area contributed by atoms with Gasteiger partial charge >= 0.3 is 0 Å². The third-order valence-corrected chi connectivity index (χ3v) is 6.30. The van der Waals surface area contributed by atoms with Gasteiger partial charge in [0.15, 0.2) is 6.19 Å². The zero-order valence-electron chi connectivity index (χ0n) is 17.2. The van der Waals surface area contributed by atoms with E-state index in [-0.39, 0.29) is 5.91 Å². The molecule has 1 spiro atoms. The number of benzene rings is 3. The first-order valence-electron chi connectivity index (χ1n) is 10.5. The van der Waals surface area contributed by atoms with Crippen LogP contribution in [0.1, 0.15) is 17.5 Å². The molecule has 31 heavy (non-hydrogen) atoms. The molecular formula is C26H23N3O2. The van der Waals surface area contributed by atoms with Gasteiger partial charge in [-0.1, -0.05) is 48.5 Å². The minimum atomic E-state index is -0.503. The highest BCUT2D eigenvalue weighted by Gasteiger charge is 2.47. The van der Waals surface area contributed by atoms with E-state index in [1.54, 1.807) is 4.90 Å². The molecule has 0 saturated carbocycles. The molecule has 5 heteroatoms. The lowest BCUT2D eigenvalue weighted by Gasteiger charge is -2.33. The molecule has 154 valence electrons. The molecule has 0 bridgehead atoms. The van der Waals surface area contributed by atoms with Crippen molar-refractivity contribution in [2.45, 2.75) is 19.4 Å². The number of fused-ring (bicyclic) bond motifs is 1. The van der Waals surface area contributed by atoms with Crippen molar-refractivity contribution in [1.29, 1.82) is 5.26 Å². The van der Waals surface area contributed by atoms with Gasteiger partial charge in [0.1, 0.15) is 12.4 Å². The maximum absolute atomic E-state index is 12.7. The summed E-state index contributed by atoms with van der Waals surface area (Å²) < 4.78 is 5.89. The summed E-state index contributed by atoms with van der Waals surface area (Å²) >= 11 is 0. The van der Waals surface area contributed by atoms with Crippen LogP contribution in [0, 0.1) is 16.9 Å². The first-order chi connectivity index (χ1) is 15.1. The highest BCUT2D eigenvalue weighted by Crippen LogP contribution is 2.41. The molecule has 0 aromatic heterocycles. The number of rotatable bonds is 4. The highest BCUT2D eigenvalue weighted by molar-refractivity contribution is 5.99. The maximum atomic E-state index is 12.7. The Balaban J connectivity index is 1.33. The molecule has 2 aliphatic heterocycles. The zero-order chi connectivity index (χ0) is 21.3. The summed E-state index contributed by atoms with van der Waals surface area (Å²) in [5.74, 6) is 0.866. The lowest BCUT2D eigenvalue weighted by atomic mass is 9.76. The first-order valence-corrected chi connectivity index (χ1v) is 10.5. The Morgan fingerprint density at radius 1 is 1.03 bits per heavy atom. The van der Waals surface area contributed by atoms with Crippen LogP contribution >= 0.6 is 0 Å². The molecule has 0 unspecified atom stereocenters. The Morgan fingerprint density at radius 2 is 1.81 bits per heavy atom. The Bertz CT molecular complexity index is 1150. The summed E-state index contributed by atoms with van der Waals surface area (Å²) in [4.78, 5) is 14.4. The molecule has 2 aliphatic rings. The Labute approximate surface area is 181 Å². The standard InChI is InChI=1S/C26H23N3O2/c27-18-29-13-12-26(17-29)15-22-14-21(8-11-24(22)28-25(26)30)20-6-9-23(10-7-20)31-16-19-4-2-1-3-5-19/h1-11,14H,12-13,15-17H2,(H,28,30)/t26-/m0/s1.